The highest BCUT2D eigenvalue weighted by Gasteiger charge is 2.28. The average Bonchev–Trinajstić information content (AvgIpc) is 3.33. The number of carbonyl (C=O) groups excluding carboxylic acids is 1. The Kier molecular flexibility index (Phi) is 5.03. The number of likely N-dealkylation sites (tertiary alicyclic amines) is 1. The van der Waals surface area contributed by atoms with E-state index in [-0.39, 0.29) is 11.6 Å². The third-order valence-electron chi connectivity index (χ3n) is 4.86. The normalized spacial score (nSPS) is 15.1. The number of carbonyl (C=O) groups is 1. The van der Waals surface area contributed by atoms with Gasteiger partial charge in [0.25, 0.3) is 5.91 Å². The molecule has 0 unspecified atom stereocenters. The SMILES string of the molecule is O=C(c1c(F)cccc1F)N1CCC(Cn2nnn(-c3cccs3)c2=O)CC1. The molecule has 28 heavy (non-hydrogen) atoms. The fraction of sp³-hybridized carbons (Fsp3) is 0.333. The van der Waals surface area contributed by atoms with Crippen molar-refractivity contribution in [2.45, 2.75) is 19.4 Å². The molecule has 3 heterocycles. The lowest BCUT2D eigenvalue weighted by molar-refractivity contribution is 0.0670. The van der Waals surface area contributed by atoms with Crippen LogP contribution >= 0.6 is 11.3 Å². The van der Waals surface area contributed by atoms with Crippen LogP contribution in [-0.2, 0) is 6.54 Å². The summed E-state index contributed by atoms with van der Waals surface area (Å²) >= 11 is 1.39. The molecule has 1 fully saturated rings. The van der Waals surface area contributed by atoms with Gasteiger partial charge in [0.2, 0.25) is 0 Å². The van der Waals surface area contributed by atoms with E-state index in [1.54, 1.807) is 6.07 Å². The highest BCUT2D eigenvalue weighted by molar-refractivity contribution is 7.12. The molecule has 0 spiro atoms. The topological polar surface area (TPSA) is 73.0 Å². The van der Waals surface area contributed by atoms with Crippen LogP contribution in [0.2, 0.25) is 0 Å². The van der Waals surface area contributed by atoms with Crippen LogP contribution in [0.1, 0.15) is 23.2 Å². The van der Waals surface area contributed by atoms with E-state index in [1.807, 2.05) is 11.4 Å². The van der Waals surface area contributed by atoms with E-state index in [2.05, 4.69) is 10.4 Å². The fourth-order valence-corrected chi connectivity index (χ4v) is 4.01. The molecule has 1 aliphatic rings. The highest BCUT2D eigenvalue weighted by atomic mass is 32.1. The molecule has 0 aliphatic carbocycles. The van der Waals surface area contributed by atoms with E-state index in [0.29, 0.717) is 37.5 Å². The minimum atomic E-state index is -0.858. The number of hydrogen-bond donors (Lipinski definition) is 0. The Morgan fingerprint density at radius 1 is 1.11 bits per heavy atom. The first kappa shape index (κ1) is 18.5. The van der Waals surface area contributed by atoms with Gasteiger partial charge in [-0.2, -0.15) is 9.36 Å². The zero-order valence-electron chi connectivity index (χ0n) is 14.8. The summed E-state index contributed by atoms with van der Waals surface area (Å²) in [6.07, 6.45) is 1.22. The van der Waals surface area contributed by atoms with Crippen LogP contribution in [0.3, 0.4) is 0 Å². The van der Waals surface area contributed by atoms with E-state index in [9.17, 15) is 18.4 Å². The molecule has 2 aromatic heterocycles. The van der Waals surface area contributed by atoms with E-state index >= 15 is 0 Å². The van der Waals surface area contributed by atoms with E-state index in [1.165, 1.54) is 31.7 Å². The summed E-state index contributed by atoms with van der Waals surface area (Å²) in [7, 11) is 0. The zero-order valence-corrected chi connectivity index (χ0v) is 15.6. The monoisotopic (exact) mass is 405 g/mol. The van der Waals surface area contributed by atoms with Crippen LogP contribution in [0, 0.1) is 17.6 Å². The molecule has 1 amide bonds. The van der Waals surface area contributed by atoms with Gasteiger partial charge < -0.3 is 4.90 Å². The Bertz CT molecular complexity index is 1020. The van der Waals surface area contributed by atoms with Gasteiger partial charge in [-0.3, -0.25) is 4.79 Å². The number of tetrazole rings is 1. The van der Waals surface area contributed by atoms with Gasteiger partial charge in [-0.05, 0) is 58.8 Å². The van der Waals surface area contributed by atoms with Gasteiger partial charge in [-0.15, -0.1) is 11.3 Å². The smallest absolute Gasteiger partial charge is 0.338 e. The standard InChI is InChI=1S/C18H17F2N5O2S/c19-13-3-1-4-14(20)16(13)17(26)23-8-6-12(7-9-23)11-24-18(27)25(22-21-24)15-5-2-10-28-15/h1-5,10,12H,6-9,11H2. The molecule has 4 rings (SSSR count). The Hall–Kier alpha value is -2.88. The van der Waals surface area contributed by atoms with Crippen LogP contribution in [-0.4, -0.2) is 43.7 Å². The van der Waals surface area contributed by atoms with Crippen molar-refractivity contribution in [2.75, 3.05) is 13.1 Å². The van der Waals surface area contributed by atoms with Gasteiger partial charge >= 0.3 is 5.69 Å². The van der Waals surface area contributed by atoms with Crippen molar-refractivity contribution in [1.29, 1.82) is 0 Å². The molecule has 10 heteroatoms. The van der Waals surface area contributed by atoms with Crippen molar-refractivity contribution >= 4 is 17.2 Å². The zero-order chi connectivity index (χ0) is 19.7. The van der Waals surface area contributed by atoms with Gasteiger partial charge in [-0.25, -0.2) is 13.6 Å². The maximum Gasteiger partial charge on any atom is 0.369 e. The molecule has 0 atom stereocenters. The summed E-state index contributed by atoms with van der Waals surface area (Å²) in [5, 5.41) is 10.4. The number of nitrogens with zero attached hydrogens (tertiary/aromatic N) is 5. The second-order valence-corrected chi connectivity index (χ2v) is 7.57. The molecule has 3 aromatic rings. The number of aromatic nitrogens is 4. The van der Waals surface area contributed by atoms with Crippen molar-refractivity contribution in [1.82, 2.24) is 24.7 Å². The number of benzene rings is 1. The summed E-state index contributed by atoms with van der Waals surface area (Å²) in [6, 6.07) is 7.00. The lowest BCUT2D eigenvalue weighted by atomic mass is 9.96. The van der Waals surface area contributed by atoms with Crippen LogP contribution in [0.5, 0.6) is 0 Å². The second kappa shape index (κ2) is 7.63. The first-order valence-electron chi connectivity index (χ1n) is 8.84. The van der Waals surface area contributed by atoms with E-state index in [0.717, 1.165) is 12.1 Å². The summed E-state index contributed by atoms with van der Waals surface area (Å²) in [5.74, 6) is -2.23. The summed E-state index contributed by atoms with van der Waals surface area (Å²) in [6.45, 7) is 1.12. The lowest BCUT2D eigenvalue weighted by Crippen LogP contribution is -2.40. The maximum atomic E-state index is 13.8. The Balaban J connectivity index is 1.40. The number of thiophene rings is 1. The minimum absolute atomic E-state index is 0.126. The number of amides is 1. The van der Waals surface area contributed by atoms with Gasteiger partial charge in [-0.1, -0.05) is 6.07 Å². The van der Waals surface area contributed by atoms with Crippen LogP contribution in [0.25, 0.3) is 5.00 Å². The summed E-state index contributed by atoms with van der Waals surface area (Å²) in [4.78, 5) is 26.3. The molecular formula is C18H17F2N5O2S. The number of rotatable bonds is 4. The van der Waals surface area contributed by atoms with Crippen molar-refractivity contribution in [2.24, 2.45) is 5.92 Å². The molecule has 1 aromatic carbocycles. The molecule has 1 aliphatic heterocycles. The number of halogens is 2. The van der Waals surface area contributed by atoms with E-state index < -0.39 is 23.1 Å². The number of hydrogen-bond acceptors (Lipinski definition) is 5. The van der Waals surface area contributed by atoms with Crippen molar-refractivity contribution in [3.8, 4) is 5.00 Å². The molecule has 1 saturated heterocycles. The van der Waals surface area contributed by atoms with Crippen LogP contribution in [0.4, 0.5) is 8.78 Å². The molecule has 0 bridgehead atoms. The largest absolute Gasteiger partial charge is 0.369 e. The van der Waals surface area contributed by atoms with Crippen molar-refractivity contribution in [3.05, 3.63) is 63.4 Å². The average molecular weight is 405 g/mol. The Morgan fingerprint density at radius 2 is 1.82 bits per heavy atom. The van der Waals surface area contributed by atoms with E-state index in [4.69, 9.17) is 0 Å². The van der Waals surface area contributed by atoms with Gasteiger partial charge in [0.15, 0.2) is 0 Å². The van der Waals surface area contributed by atoms with Crippen molar-refractivity contribution < 1.29 is 13.6 Å². The fourth-order valence-electron chi connectivity index (χ4n) is 3.34. The molecule has 0 saturated carbocycles. The highest BCUT2D eigenvalue weighted by Crippen LogP contribution is 2.22. The first-order chi connectivity index (χ1) is 13.5. The summed E-state index contributed by atoms with van der Waals surface area (Å²) in [5.41, 5.74) is -0.828. The first-order valence-corrected chi connectivity index (χ1v) is 9.72. The third-order valence-corrected chi connectivity index (χ3v) is 5.71. The second-order valence-electron chi connectivity index (χ2n) is 6.64. The van der Waals surface area contributed by atoms with Crippen LogP contribution in [0.15, 0.2) is 40.5 Å². The predicted octanol–water partition coefficient (Wildman–Crippen LogP) is 2.32. The Labute approximate surface area is 162 Å². The minimum Gasteiger partial charge on any atom is -0.338 e. The molecular weight excluding hydrogens is 388 g/mol. The molecule has 0 N–H and O–H groups in total. The molecule has 0 radical (unpaired) electrons. The third kappa shape index (κ3) is 3.47. The van der Waals surface area contributed by atoms with Crippen molar-refractivity contribution in [3.63, 3.8) is 0 Å². The van der Waals surface area contributed by atoms with Gasteiger partial charge in [0.05, 0.1) is 6.54 Å². The van der Waals surface area contributed by atoms with Gasteiger partial charge in [0.1, 0.15) is 22.2 Å². The Morgan fingerprint density at radius 3 is 2.46 bits per heavy atom. The molecule has 7 nitrogen and oxygen atoms in total. The maximum absolute atomic E-state index is 13.8. The quantitative estimate of drug-likeness (QED) is 0.668. The number of piperidine rings is 1. The molecule has 146 valence electrons. The van der Waals surface area contributed by atoms with Gasteiger partial charge in [0, 0.05) is 13.1 Å². The lowest BCUT2D eigenvalue weighted by Gasteiger charge is -2.31. The predicted molar refractivity (Wildman–Crippen MR) is 98.5 cm³/mol. The summed E-state index contributed by atoms with van der Waals surface area (Å²) < 4.78 is 30.3. The van der Waals surface area contributed by atoms with Crippen LogP contribution < -0.4 is 5.69 Å².